The van der Waals surface area contributed by atoms with E-state index in [0.29, 0.717) is 18.2 Å². The van der Waals surface area contributed by atoms with E-state index in [1.54, 1.807) is 0 Å². The molecule has 0 aromatic carbocycles. The van der Waals surface area contributed by atoms with Crippen LogP contribution in [0.15, 0.2) is 0 Å². The molecule has 2 rings (SSSR count). The molecule has 2 aliphatic rings. The van der Waals surface area contributed by atoms with Crippen molar-refractivity contribution in [1.82, 2.24) is 10.2 Å². The normalized spacial score (nSPS) is 36.2. The van der Waals surface area contributed by atoms with Gasteiger partial charge in [-0.3, -0.25) is 4.90 Å². The Labute approximate surface area is 80.4 Å². The summed E-state index contributed by atoms with van der Waals surface area (Å²) in [5, 5.41) is 3.53. The van der Waals surface area contributed by atoms with Crippen molar-refractivity contribution in [2.24, 2.45) is 0 Å². The molecule has 13 heavy (non-hydrogen) atoms. The predicted molar refractivity (Wildman–Crippen MR) is 52.9 cm³/mol. The van der Waals surface area contributed by atoms with E-state index < -0.39 is 0 Å². The molecule has 76 valence electrons. The molecule has 0 unspecified atom stereocenters. The first-order chi connectivity index (χ1) is 6.27. The molecule has 2 heterocycles. The van der Waals surface area contributed by atoms with Gasteiger partial charge < -0.3 is 10.1 Å². The predicted octanol–water partition coefficient (Wildman–Crippen LogP) is 0.457. The number of morpholine rings is 1. The first-order valence-electron chi connectivity index (χ1n) is 5.36. The summed E-state index contributed by atoms with van der Waals surface area (Å²) in [6.07, 6.45) is 1.67. The third kappa shape index (κ3) is 2.03. The van der Waals surface area contributed by atoms with Gasteiger partial charge in [0, 0.05) is 31.7 Å². The van der Waals surface area contributed by atoms with Crippen molar-refractivity contribution in [3.05, 3.63) is 0 Å². The topological polar surface area (TPSA) is 24.5 Å². The lowest BCUT2D eigenvalue weighted by Gasteiger charge is -2.43. The molecule has 0 spiro atoms. The molecule has 0 radical (unpaired) electrons. The van der Waals surface area contributed by atoms with E-state index in [2.05, 4.69) is 24.1 Å². The molecule has 2 saturated heterocycles. The zero-order valence-electron chi connectivity index (χ0n) is 8.62. The molecular weight excluding hydrogens is 164 g/mol. The molecule has 0 saturated carbocycles. The van der Waals surface area contributed by atoms with Gasteiger partial charge in [-0.05, 0) is 20.3 Å². The Balaban J connectivity index is 1.91. The SMILES string of the molecule is CC(C)N1CC[C@@H]2NCCO[C@H]2C1. The van der Waals surface area contributed by atoms with Crippen molar-refractivity contribution in [3.8, 4) is 0 Å². The van der Waals surface area contributed by atoms with Gasteiger partial charge in [-0.2, -0.15) is 0 Å². The maximum atomic E-state index is 5.76. The molecule has 1 N–H and O–H groups in total. The Kier molecular flexibility index (Phi) is 2.86. The molecule has 3 nitrogen and oxygen atoms in total. The van der Waals surface area contributed by atoms with E-state index in [0.717, 1.165) is 19.7 Å². The van der Waals surface area contributed by atoms with Gasteiger partial charge in [0.05, 0.1) is 12.7 Å². The molecule has 0 aliphatic carbocycles. The first kappa shape index (κ1) is 9.44. The van der Waals surface area contributed by atoms with Gasteiger partial charge in [-0.1, -0.05) is 0 Å². The van der Waals surface area contributed by atoms with Crippen LogP contribution in [0.5, 0.6) is 0 Å². The molecule has 2 aliphatic heterocycles. The van der Waals surface area contributed by atoms with Crippen molar-refractivity contribution in [1.29, 1.82) is 0 Å². The number of hydrogen-bond donors (Lipinski definition) is 1. The third-order valence-electron chi connectivity index (χ3n) is 3.16. The Morgan fingerprint density at radius 1 is 1.46 bits per heavy atom. The zero-order valence-corrected chi connectivity index (χ0v) is 8.62. The minimum absolute atomic E-state index is 0.435. The summed E-state index contributed by atoms with van der Waals surface area (Å²) in [5.74, 6) is 0. The smallest absolute Gasteiger partial charge is 0.0855 e. The maximum absolute atomic E-state index is 5.76. The van der Waals surface area contributed by atoms with Crippen LogP contribution in [0, 0.1) is 0 Å². The summed E-state index contributed by atoms with van der Waals surface area (Å²) >= 11 is 0. The Morgan fingerprint density at radius 2 is 2.31 bits per heavy atom. The fraction of sp³-hybridized carbons (Fsp3) is 1.00. The van der Waals surface area contributed by atoms with Crippen molar-refractivity contribution < 1.29 is 4.74 Å². The van der Waals surface area contributed by atoms with Crippen LogP contribution in [0.2, 0.25) is 0 Å². The fourth-order valence-corrected chi connectivity index (χ4v) is 2.27. The summed E-state index contributed by atoms with van der Waals surface area (Å²) in [4.78, 5) is 2.51. The number of nitrogens with one attached hydrogen (secondary N) is 1. The van der Waals surface area contributed by atoms with Gasteiger partial charge in [0.25, 0.3) is 0 Å². The highest BCUT2D eigenvalue weighted by Crippen LogP contribution is 2.18. The van der Waals surface area contributed by atoms with E-state index in [1.165, 1.54) is 13.0 Å². The number of piperidine rings is 1. The second-order valence-corrected chi connectivity index (χ2v) is 4.35. The second-order valence-electron chi connectivity index (χ2n) is 4.35. The van der Waals surface area contributed by atoms with Crippen LogP contribution < -0.4 is 5.32 Å². The largest absolute Gasteiger partial charge is 0.374 e. The van der Waals surface area contributed by atoms with E-state index >= 15 is 0 Å². The Hall–Kier alpha value is -0.120. The Bertz CT molecular complexity index is 172. The first-order valence-corrected chi connectivity index (χ1v) is 5.36. The van der Waals surface area contributed by atoms with Gasteiger partial charge in [0.1, 0.15) is 0 Å². The fourth-order valence-electron chi connectivity index (χ4n) is 2.27. The molecule has 2 fully saturated rings. The van der Waals surface area contributed by atoms with Crippen LogP contribution in [-0.2, 0) is 4.74 Å². The number of rotatable bonds is 1. The van der Waals surface area contributed by atoms with E-state index in [4.69, 9.17) is 4.74 Å². The van der Waals surface area contributed by atoms with Crippen LogP contribution in [0.25, 0.3) is 0 Å². The minimum atomic E-state index is 0.435. The van der Waals surface area contributed by atoms with Gasteiger partial charge >= 0.3 is 0 Å². The van der Waals surface area contributed by atoms with Crippen molar-refractivity contribution in [2.75, 3.05) is 26.2 Å². The van der Waals surface area contributed by atoms with E-state index in [9.17, 15) is 0 Å². The van der Waals surface area contributed by atoms with Gasteiger partial charge in [0.2, 0.25) is 0 Å². The lowest BCUT2D eigenvalue weighted by atomic mass is 9.99. The molecule has 2 atom stereocenters. The maximum Gasteiger partial charge on any atom is 0.0855 e. The summed E-state index contributed by atoms with van der Waals surface area (Å²) in [6, 6.07) is 1.27. The van der Waals surface area contributed by atoms with Crippen LogP contribution in [0.3, 0.4) is 0 Å². The highest BCUT2D eigenvalue weighted by atomic mass is 16.5. The lowest BCUT2D eigenvalue weighted by molar-refractivity contribution is -0.0533. The summed E-state index contributed by atoms with van der Waals surface area (Å²) in [5.41, 5.74) is 0. The van der Waals surface area contributed by atoms with Crippen molar-refractivity contribution >= 4 is 0 Å². The quantitative estimate of drug-likeness (QED) is 0.640. The molecule has 3 heteroatoms. The van der Waals surface area contributed by atoms with Gasteiger partial charge in [-0.25, -0.2) is 0 Å². The summed E-state index contributed by atoms with van der Waals surface area (Å²) < 4.78 is 5.76. The third-order valence-corrected chi connectivity index (χ3v) is 3.16. The second kappa shape index (κ2) is 3.95. The standard InChI is InChI=1S/C10H20N2O/c1-8(2)12-5-3-9-10(7-12)13-6-4-11-9/h8-11H,3-7H2,1-2H3/t9-,10-/m0/s1. The average Bonchev–Trinajstić information content (AvgIpc) is 2.17. The monoisotopic (exact) mass is 184 g/mol. The number of likely N-dealkylation sites (tertiary alicyclic amines) is 1. The number of fused-ring (bicyclic) bond motifs is 1. The molecule has 0 aromatic rings. The van der Waals surface area contributed by atoms with Crippen molar-refractivity contribution in [2.45, 2.75) is 38.5 Å². The Morgan fingerprint density at radius 3 is 3.08 bits per heavy atom. The lowest BCUT2D eigenvalue weighted by Crippen LogP contribution is -2.58. The highest BCUT2D eigenvalue weighted by Gasteiger charge is 2.32. The van der Waals surface area contributed by atoms with Crippen LogP contribution in [0.1, 0.15) is 20.3 Å². The summed E-state index contributed by atoms with van der Waals surface area (Å²) in [6.45, 7) is 8.76. The van der Waals surface area contributed by atoms with Crippen molar-refractivity contribution in [3.63, 3.8) is 0 Å². The molecule has 0 aromatic heterocycles. The van der Waals surface area contributed by atoms with Crippen LogP contribution >= 0.6 is 0 Å². The van der Waals surface area contributed by atoms with Crippen LogP contribution in [-0.4, -0.2) is 49.3 Å². The number of ether oxygens (including phenoxy) is 1. The van der Waals surface area contributed by atoms with Gasteiger partial charge in [0.15, 0.2) is 0 Å². The molecular formula is C10H20N2O. The van der Waals surface area contributed by atoms with E-state index in [-0.39, 0.29) is 0 Å². The number of nitrogens with zero attached hydrogens (tertiary/aromatic N) is 1. The zero-order chi connectivity index (χ0) is 9.26. The number of hydrogen-bond acceptors (Lipinski definition) is 3. The van der Waals surface area contributed by atoms with Gasteiger partial charge in [-0.15, -0.1) is 0 Å². The van der Waals surface area contributed by atoms with E-state index in [1.807, 2.05) is 0 Å². The summed E-state index contributed by atoms with van der Waals surface area (Å²) in [7, 11) is 0. The molecule has 0 amide bonds. The minimum Gasteiger partial charge on any atom is -0.374 e. The molecule has 0 bridgehead atoms. The highest BCUT2D eigenvalue weighted by molar-refractivity contribution is 4.89. The van der Waals surface area contributed by atoms with Crippen LogP contribution in [0.4, 0.5) is 0 Å². The average molecular weight is 184 g/mol.